The molecular formula is C16H23NO4. The summed E-state index contributed by atoms with van der Waals surface area (Å²) in [6, 6.07) is 7.41. The van der Waals surface area contributed by atoms with Crippen molar-refractivity contribution in [3.63, 3.8) is 0 Å². The molecule has 0 amide bonds. The van der Waals surface area contributed by atoms with Crippen molar-refractivity contribution in [1.29, 1.82) is 0 Å². The van der Waals surface area contributed by atoms with Crippen molar-refractivity contribution in [2.45, 2.75) is 31.2 Å². The van der Waals surface area contributed by atoms with Crippen LogP contribution in [0.4, 0.5) is 0 Å². The van der Waals surface area contributed by atoms with Crippen LogP contribution in [-0.4, -0.2) is 37.4 Å². The molecule has 0 heterocycles. The van der Waals surface area contributed by atoms with E-state index in [1.165, 1.54) is 0 Å². The molecule has 5 nitrogen and oxygen atoms in total. The third kappa shape index (κ3) is 3.29. The Morgan fingerprint density at radius 1 is 1.38 bits per heavy atom. The first-order chi connectivity index (χ1) is 10.1. The summed E-state index contributed by atoms with van der Waals surface area (Å²) < 4.78 is 10.8. The molecule has 2 rings (SSSR count). The first kappa shape index (κ1) is 15.6. The highest BCUT2D eigenvalue weighted by molar-refractivity contribution is 5.79. The predicted octanol–water partition coefficient (Wildman–Crippen LogP) is 2.31. The van der Waals surface area contributed by atoms with Gasteiger partial charge in [0.15, 0.2) is 0 Å². The summed E-state index contributed by atoms with van der Waals surface area (Å²) >= 11 is 0. The first-order valence-corrected chi connectivity index (χ1v) is 7.31. The van der Waals surface area contributed by atoms with Gasteiger partial charge >= 0.3 is 5.97 Å². The van der Waals surface area contributed by atoms with E-state index in [1.54, 1.807) is 14.2 Å². The standard InChI is InChI=1S/C16H23NO4/c1-17-16(15(18)19)10-3-4-12(16)9-11-21-14-7-5-13(20-2)6-8-14/h5-8,12,17H,3-4,9-11H2,1-2H3,(H,18,19). The number of hydrogen-bond donors (Lipinski definition) is 2. The van der Waals surface area contributed by atoms with Gasteiger partial charge in [0.2, 0.25) is 0 Å². The summed E-state index contributed by atoms with van der Waals surface area (Å²) in [5, 5.41) is 12.5. The van der Waals surface area contributed by atoms with Crippen molar-refractivity contribution in [1.82, 2.24) is 5.32 Å². The summed E-state index contributed by atoms with van der Waals surface area (Å²) in [5.41, 5.74) is -0.788. The van der Waals surface area contributed by atoms with Gasteiger partial charge < -0.3 is 19.9 Å². The van der Waals surface area contributed by atoms with Crippen LogP contribution in [0.25, 0.3) is 0 Å². The van der Waals surface area contributed by atoms with Gasteiger partial charge in [0.25, 0.3) is 0 Å². The van der Waals surface area contributed by atoms with E-state index in [2.05, 4.69) is 5.32 Å². The fourth-order valence-electron chi connectivity index (χ4n) is 3.18. The van der Waals surface area contributed by atoms with Gasteiger partial charge in [-0.25, -0.2) is 0 Å². The van der Waals surface area contributed by atoms with E-state index in [4.69, 9.17) is 9.47 Å². The van der Waals surface area contributed by atoms with Crippen molar-refractivity contribution in [2.24, 2.45) is 5.92 Å². The fraction of sp³-hybridized carbons (Fsp3) is 0.562. The molecule has 0 radical (unpaired) electrons. The van der Waals surface area contributed by atoms with Gasteiger partial charge in [0.05, 0.1) is 13.7 Å². The van der Waals surface area contributed by atoms with Crippen molar-refractivity contribution < 1.29 is 19.4 Å². The van der Waals surface area contributed by atoms with Crippen molar-refractivity contribution in [3.05, 3.63) is 24.3 Å². The van der Waals surface area contributed by atoms with Crippen LogP contribution >= 0.6 is 0 Å². The Morgan fingerprint density at radius 3 is 2.62 bits per heavy atom. The number of methoxy groups -OCH3 is 1. The molecule has 1 aliphatic rings. The topological polar surface area (TPSA) is 67.8 Å². The zero-order chi connectivity index (χ0) is 15.3. The number of ether oxygens (including phenoxy) is 2. The zero-order valence-electron chi connectivity index (χ0n) is 12.6. The minimum Gasteiger partial charge on any atom is -0.497 e. The van der Waals surface area contributed by atoms with Crippen LogP contribution in [0.15, 0.2) is 24.3 Å². The lowest BCUT2D eigenvalue weighted by Crippen LogP contribution is -2.53. The molecule has 0 saturated heterocycles. The van der Waals surface area contributed by atoms with Crippen LogP contribution in [-0.2, 0) is 4.79 Å². The number of carboxylic acids is 1. The molecule has 1 aromatic carbocycles. The second-order valence-electron chi connectivity index (χ2n) is 5.43. The number of benzene rings is 1. The van der Waals surface area contributed by atoms with Gasteiger partial charge in [-0.15, -0.1) is 0 Å². The summed E-state index contributed by atoms with van der Waals surface area (Å²) in [6.07, 6.45) is 3.30. The highest BCUT2D eigenvalue weighted by Gasteiger charge is 2.47. The molecule has 2 atom stereocenters. The Bertz CT molecular complexity index is 474. The third-order valence-corrected chi connectivity index (χ3v) is 4.44. The Kier molecular flexibility index (Phi) is 5.07. The molecule has 1 aliphatic carbocycles. The molecule has 0 aliphatic heterocycles. The van der Waals surface area contributed by atoms with E-state index in [1.807, 2.05) is 24.3 Å². The van der Waals surface area contributed by atoms with E-state index in [0.29, 0.717) is 13.0 Å². The highest BCUT2D eigenvalue weighted by atomic mass is 16.5. The Balaban J connectivity index is 1.88. The molecule has 5 heteroatoms. The van der Waals surface area contributed by atoms with Gasteiger partial charge in [-0.1, -0.05) is 6.42 Å². The van der Waals surface area contributed by atoms with E-state index >= 15 is 0 Å². The van der Waals surface area contributed by atoms with Crippen molar-refractivity contribution in [3.8, 4) is 11.5 Å². The van der Waals surface area contributed by atoms with Crippen LogP contribution in [0.5, 0.6) is 11.5 Å². The second-order valence-corrected chi connectivity index (χ2v) is 5.43. The van der Waals surface area contributed by atoms with E-state index in [9.17, 15) is 9.90 Å². The first-order valence-electron chi connectivity index (χ1n) is 7.31. The Morgan fingerprint density at radius 2 is 2.05 bits per heavy atom. The third-order valence-electron chi connectivity index (χ3n) is 4.44. The molecule has 116 valence electrons. The maximum Gasteiger partial charge on any atom is 0.324 e. The minimum atomic E-state index is -0.788. The number of rotatable bonds is 7. The molecule has 0 aromatic heterocycles. The molecule has 1 aromatic rings. The molecule has 2 N–H and O–H groups in total. The van der Waals surface area contributed by atoms with Crippen LogP contribution in [0, 0.1) is 5.92 Å². The lowest BCUT2D eigenvalue weighted by molar-refractivity contribution is -0.146. The van der Waals surface area contributed by atoms with Gasteiger partial charge in [-0.3, -0.25) is 4.79 Å². The fourth-order valence-corrected chi connectivity index (χ4v) is 3.18. The second kappa shape index (κ2) is 6.80. The van der Waals surface area contributed by atoms with Gasteiger partial charge in [-0.2, -0.15) is 0 Å². The molecule has 1 saturated carbocycles. The number of carbonyl (C=O) groups is 1. The Hall–Kier alpha value is -1.75. The Labute approximate surface area is 125 Å². The molecule has 2 unspecified atom stereocenters. The van der Waals surface area contributed by atoms with Crippen molar-refractivity contribution >= 4 is 5.97 Å². The van der Waals surface area contributed by atoms with Gasteiger partial charge in [0, 0.05) is 0 Å². The SMILES string of the molecule is CNC1(C(=O)O)CCCC1CCOc1ccc(OC)cc1. The average molecular weight is 293 g/mol. The van der Waals surface area contributed by atoms with Gasteiger partial charge in [-0.05, 0) is 56.5 Å². The predicted molar refractivity (Wildman–Crippen MR) is 79.9 cm³/mol. The lowest BCUT2D eigenvalue weighted by atomic mass is 9.85. The van der Waals surface area contributed by atoms with Crippen LogP contribution < -0.4 is 14.8 Å². The summed E-state index contributed by atoms with van der Waals surface area (Å²) in [6.45, 7) is 0.522. The van der Waals surface area contributed by atoms with Crippen LogP contribution in [0.3, 0.4) is 0 Å². The van der Waals surface area contributed by atoms with Crippen LogP contribution in [0.2, 0.25) is 0 Å². The molecule has 0 spiro atoms. The quantitative estimate of drug-likeness (QED) is 0.807. The smallest absolute Gasteiger partial charge is 0.324 e. The normalized spacial score (nSPS) is 24.8. The largest absolute Gasteiger partial charge is 0.497 e. The summed E-state index contributed by atoms with van der Waals surface area (Å²) in [4.78, 5) is 11.6. The number of hydrogen-bond acceptors (Lipinski definition) is 4. The van der Waals surface area contributed by atoms with E-state index in [0.717, 1.165) is 30.8 Å². The average Bonchev–Trinajstić information content (AvgIpc) is 2.92. The summed E-state index contributed by atoms with van der Waals surface area (Å²) in [5.74, 6) is 0.924. The number of carboxylic acid groups (broad SMARTS) is 1. The molecule has 21 heavy (non-hydrogen) atoms. The lowest BCUT2D eigenvalue weighted by Gasteiger charge is -2.30. The summed E-state index contributed by atoms with van der Waals surface area (Å²) in [7, 11) is 3.36. The number of nitrogens with one attached hydrogen (secondary N) is 1. The zero-order valence-corrected chi connectivity index (χ0v) is 12.6. The van der Waals surface area contributed by atoms with Gasteiger partial charge in [0.1, 0.15) is 17.0 Å². The minimum absolute atomic E-state index is 0.109. The monoisotopic (exact) mass is 293 g/mol. The van der Waals surface area contributed by atoms with Crippen LogP contribution in [0.1, 0.15) is 25.7 Å². The molecule has 1 fully saturated rings. The number of likely N-dealkylation sites (N-methyl/N-ethyl adjacent to an activating group) is 1. The van der Waals surface area contributed by atoms with E-state index < -0.39 is 11.5 Å². The van der Waals surface area contributed by atoms with Crippen molar-refractivity contribution in [2.75, 3.05) is 20.8 Å². The van der Waals surface area contributed by atoms with E-state index in [-0.39, 0.29) is 5.92 Å². The highest BCUT2D eigenvalue weighted by Crippen LogP contribution is 2.38. The molecule has 0 bridgehead atoms. The molecular weight excluding hydrogens is 270 g/mol. The maximum atomic E-state index is 11.6. The maximum absolute atomic E-state index is 11.6. The number of aliphatic carboxylic acids is 1.